The number of alkyl carbamates (subject to hydrolysis) is 4. The van der Waals surface area contributed by atoms with Gasteiger partial charge in [0.1, 0.15) is 44.2 Å². The number of rotatable bonds is 42. The van der Waals surface area contributed by atoms with Crippen molar-refractivity contribution in [2.45, 2.75) is 153 Å². The Morgan fingerprint density at radius 1 is 0.312 bits per heavy atom. The Bertz CT molecular complexity index is 5870. The third kappa shape index (κ3) is 40.4. The molecule has 744 valence electrons. The SMILES string of the molecule is CCc1csc([C@H](Cc2ccc(N)cc2)NC(=O)[C@H](Cc2ccccc2)NC(=O)OC)n1.CCc1csc([C@H](Cc2ccc(NS(=O)(=O)O)cc2)NC(=O)[C@H](Cc2ccccc2)NC(=O)OC)n1.CCc1csc([C@H](Cc2ccc(NS(=O)(=O)O)cc2)NC(=O)[C@H](Cc2ccccc2)NC(=O)OC)n1.CCc1csc([C@H](Cc2ccc(NS(=O)(=O)[O-])cc2)NC(=O)[C@H](Cc2ccccc2)NC(=O)OC)n1.[Na+]. The summed E-state index contributed by atoms with van der Waals surface area (Å²) in [4.78, 5) is 120. The summed E-state index contributed by atoms with van der Waals surface area (Å²) < 4.78 is 120. The largest absolute Gasteiger partial charge is 1.00 e. The minimum atomic E-state index is -4.63. The van der Waals surface area contributed by atoms with Gasteiger partial charge in [0.25, 0.3) is 0 Å². The third-order valence-electron chi connectivity index (χ3n) is 20.8. The fraction of sp³-hybridized carbons (Fsp3) is 0.292. The molecular formula is C96H111N16NaO21S7. The average molecular weight is 2070 g/mol. The molecule has 0 unspecified atom stereocenters. The number of nitrogens with two attached hydrogens (primary N) is 1. The molecule has 0 radical (unpaired) electrons. The predicted octanol–water partition coefficient (Wildman–Crippen LogP) is 10.2. The minimum Gasteiger partial charge on any atom is -0.731 e. The Balaban J connectivity index is 0.000000230. The first-order valence-electron chi connectivity index (χ1n) is 43.9. The van der Waals surface area contributed by atoms with Gasteiger partial charge >= 0.3 is 74.5 Å². The summed E-state index contributed by atoms with van der Waals surface area (Å²) in [5.74, 6) is -1.49. The molecule has 45 heteroatoms. The van der Waals surface area contributed by atoms with Crippen molar-refractivity contribution in [3.63, 3.8) is 0 Å². The number of nitrogens with zero attached hydrogens (tertiary/aromatic N) is 4. The van der Waals surface area contributed by atoms with Crippen molar-refractivity contribution in [3.05, 3.63) is 327 Å². The monoisotopic (exact) mass is 2070 g/mol. The summed E-state index contributed by atoms with van der Waals surface area (Å²) in [6, 6.07) is 58.8. The first-order chi connectivity index (χ1) is 67.0. The van der Waals surface area contributed by atoms with Crippen LogP contribution in [0.1, 0.15) is 139 Å². The van der Waals surface area contributed by atoms with Crippen LogP contribution in [0.3, 0.4) is 0 Å². The van der Waals surface area contributed by atoms with E-state index in [1.807, 2.05) is 209 Å². The number of thiazole rings is 4. The van der Waals surface area contributed by atoms with Crippen LogP contribution in [0.5, 0.6) is 0 Å². The van der Waals surface area contributed by atoms with Gasteiger partial charge in [-0.2, -0.15) is 16.8 Å². The van der Waals surface area contributed by atoms with E-state index in [4.69, 9.17) is 33.8 Å². The Hall–Kier alpha value is -12.8. The summed E-state index contributed by atoms with van der Waals surface area (Å²) in [5.41, 5.74) is 17.7. The molecule has 4 aromatic heterocycles. The average Bonchev–Trinajstić information content (AvgIpc) is 1.81. The Morgan fingerprint density at radius 3 is 0.695 bits per heavy atom. The van der Waals surface area contributed by atoms with Crippen molar-refractivity contribution in [2.24, 2.45) is 0 Å². The summed E-state index contributed by atoms with van der Waals surface area (Å²) in [6.07, 6.45) is 3.01. The quantitative estimate of drug-likeness (QED) is 0.00731. The van der Waals surface area contributed by atoms with Crippen LogP contribution < -0.4 is 92.0 Å². The zero-order valence-electron chi connectivity index (χ0n) is 78.6. The van der Waals surface area contributed by atoms with E-state index >= 15 is 0 Å². The molecule has 12 aromatic rings. The number of aromatic nitrogens is 4. The molecule has 37 nitrogen and oxygen atoms in total. The maximum absolute atomic E-state index is 13.4. The van der Waals surface area contributed by atoms with E-state index < -0.39 is 115 Å². The van der Waals surface area contributed by atoms with E-state index in [0.29, 0.717) is 52.8 Å². The number of nitrogen functional groups attached to an aromatic ring is 1. The van der Waals surface area contributed by atoms with Gasteiger partial charge in [-0.05, 0) is 144 Å². The number of aryl methyl sites for hydroxylation is 4. The number of carbonyl (C=O) groups is 8. The van der Waals surface area contributed by atoms with Crippen molar-refractivity contribution in [1.29, 1.82) is 0 Å². The zero-order valence-corrected chi connectivity index (χ0v) is 86.3. The van der Waals surface area contributed by atoms with Gasteiger partial charge in [0, 0.05) is 58.6 Å². The van der Waals surface area contributed by atoms with Gasteiger partial charge in [-0.25, -0.2) is 47.5 Å². The number of hydrogen-bond acceptors (Lipinski definition) is 28. The molecule has 0 aliphatic carbocycles. The van der Waals surface area contributed by atoms with E-state index in [0.717, 1.165) is 98.0 Å². The van der Waals surface area contributed by atoms with Crippen LogP contribution in [0.2, 0.25) is 0 Å². The first-order valence-corrected chi connectivity index (χ1v) is 51.7. The molecule has 15 N–H and O–H groups in total. The molecule has 12 rings (SSSR count). The van der Waals surface area contributed by atoms with Gasteiger partial charge in [0.05, 0.1) is 86.8 Å². The standard InChI is InChI=1S/3C24H28N4O6S2.C24H28N4O3S.Na/c3*1-3-18-15-35-23(25-18)21(14-17-9-11-19(12-10-17)28-36(31,32)33)26-22(29)20(27-24(30)34-2)13-16-7-5-4-6-8-16;1-3-19-15-32-23(26-19)21(14-17-9-11-18(25)12-10-17)27-22(29)20(28-24(30)31-2)13-16-7-5-4-6-8-16;/h3*4-12,15,20-21,28H,3,13-14H2,1-2H3,(H,26,29)(H,27,30)(H,31,32,33);4-12,15,20-21H,3,13-14,25H2,1-2H3,(H,27,29)(H,28,30);/q;;;;+1/p-1/t4*20-,21-;/m0000./s1. The summed E-state index contributed by atoms with van der Waals surface area (Å²) in [5, 5.41) is 33.3. The maximum atomic E-state index is 13.4. The van der Waals surface area contributed by atoms with Crippen molar-refractivity contribution >= 4 is 147 Å². The van der Waals surface area contributed by atoms with Gasteiger partial charge in [0.2, 0.25) is 23.6 Å². The van der Waals surface area contributed by atoms with E-state index in [1.54, 1.807) is 36.4 Å². The molecule has 0 aliphatic rings. The van der Waals surface area contributed by atoms with Crippen molar-refractivity contribution in [1.82, 2.24) is 62.5 Å². The molecule has 0 saturated heterocycles. The normalized spacial score (nSPS) is 12.7. The van der Waals surface area contributed by atoms with E-state index in [-0.39, 0.29) is 77.8 Å². The molecule has 0 aliphatic heterocycles. The van der Waals surface area contributed by atoms with Gasteiger partial charge < -0.3 is 71.8 Å². The Morgan fingerprint density at radius 2 is 0.511 bits per heavy atom. The molecule has 0 bridgehead atoms. The predicted molar refractivity (Wildman–Crippen MR) is 536 cm³/mol. The number of carbonyl (C=O) groups excluding carboxylic acids is 8. The van der Waals surface area contributed by atoms with Crippen LogP contribution in [-0.2, 0) is 146 Å². The number of anilines is 4. The summed E-state index contributed by atoms with van der Waals surface area (Å²) in [6.45, 7) is 8.01. The second-order valence-electron chi connectivity index (χ2n) is 31.2. The zero-order chi connectivity index (χ0) is 101. The molecule has 0 saturated carbocycles. The van der Waals surface area contributed by atoms with Crippen LogP contribution in [0.4, 0.5) is 41.9 Å². The van der Waals surface area contributed by atoms with E-state index in [1.165, 1.54) is 110 Å². The molecule has 141 heavy (non-hydrogen) atoms. The number of methoxy groups -OCH3 is 4. The van der Waals surface area contributed by atoms with Gasteiger partial charge in [0.15, 0.2) is 10.3 Å². The minimum absolute atomic E-state index is 0. The van der Waals surface area contributed by atoms with Crippen LogP contribution in [0.25, 0.3) is 0 Å². The molecule has 0 spiro atoms. The molecule has 8 atom stereocenters. The Kier molecular flexibility index (Phi) is 46.0. The van der Waals surface area contributed by atoms with Crippen molar-refractivity contribution < 1.29 is 126 Å². The van der Waals surface area contributed by atoms with Gasteiger partial charge in [-0.1, -0.05) is 198 Å². The topological polar surface area (TPSA) is 549 Å². The summed E-state index contributed by atoms with van der Waals surface area (Å²) in [7, 11) is -8.41. The number of benzene rings is 8. The van der Waals surface area contributed by atoms with Gasteiger partial charge in [-0.15, -0.1) is 45.3 Å². The van der Waals surface area contributed by atoms with Crippen LogP contribution >= 0.6 is 45.3 Å². The molecule has 0 fully saturated rings. The van der Waals surface area contributed by atoms with Crippen molar-refractivity contribution in [2.75, 3.05) is 48.3 Å². The number of nitrogens with one attached hydrogen (secondary N) is 11. The van der Waals surface area contributed by atoms with E-state index in [2.05, 4.69) is 62.5 Å². The molecular weight excluding hydrogens is 1960 g/mol. The number of ether oxygens (including phenoxy) is 4. The fourth-order valence-corrected chi connectivity index (χ4v) is 18.8. The van der Waals surface area contributed by atoms with Crippen LogP contribution in [0, 0.1) is 0 Å². The molecule has 4 heterocycles. The second kappa shape index (κ2) is 57.2. The van der Waals surface area contributed by atoms with Gasteiger partial charge in [-0.3, -0.25) is 42.4 Å². The number of amides is 8. The first kappa shape index (κ1) is 113. The van der Waals surface area contributed by atoms with Crippen LogP contribution in [-0.4, -0.2) is 159 Å². The molecule has 8 amide bonds. The van der Waals surface area contributed by atoms with Crippen LogP contribution in [0.15, 0.2) is 240 Å². The fourth-order valence-electron chi connectivity index (χ4n) is 13.7. The Labute approximate surface area is 856 Å². The smallest absolute Gasteiger partial charge is 0.731 e. The summed E-state index contributed by atoms with van der Waals surface area (Å²) >= 11 is 5.79. The number of hydrogen-bond donors (Lipinski definition) is 14. The second-order valence-corrected chi connectivity index (χ2v) is 38.2. The van der Waals surface area contributed by atoms with E-state index in [9.17, 15) is 68.2 Å². The molecule has 8 aromatic carbocycles. The maximum Gasteiger partial charge on any atom is 1.00 e. The van der Waals surface area contributed by atoms with Crippen molar-refractivity contribution in [3.8, 4) is 0 Å². The third-order valence-corrected chi connectivity index (χ3v) is 26.3.